The highest BCUT2D eigenvalue weighted by Crippen LogP contribution is 2.24. The average molecular weight is 395 g/mol. The van der Waals surface area contributed by atoms with Crippen molar-refractivity contribution in [2.75, 3.05) is 44.3 Å². The van der Waals surface area contributed by atoms with E-state index in [4.69, 9.17) is 0 Å². The van der Waals surface area contributed by atoms with Crippen LogP contribution in [0.4, 0.5) is 5.69 Å². The van der Waals surface area contributed by atoms with Gasteiger partial charge in [-0.05, 0) is 55.0 Å². The van der Waals surface area contributed by atoms with E-state index in [0.29, 0.717) is 0 Å². The van der Waals surface area contributed by atoms with Gasteiger partial charge in [-0.2, -0.15) is 0 Å². The number of phenolic OH excluding ortho intramolecular Hbond substituents is 1. The Hall–Kier alpha value is -2.41. The smallest absolute Gasteiger partial charge is 0.228 e. The second-order valence-electron chi connectivity index (χ2n) is 7.96. The van der Waals surface area contributed by atoms with E-state index in [-0.39, 0.29) is 5.75 Å². The number of benzene rings is 2. The highest BCUT2D eigenvalue weighted by atomic mass is 16.3. The molecular formula is C23H30N4O2. The summed E-state index contributed by atoms with van der Waals surface area (Å²) in [6.45, 7) is 5.70. The maximum Gasteiger partial charge on any atom is 0.228 e. The van der Waals surface area contributed by atoms with Gasteiger partial charge >= 0.3 is 0 Å². The molecule has 2 aliphatic rings. The van der Waals surface area contributed by atoms with Crippen LogP contribution in [0.1, 0.15) is 18.4 Å². The average Bonchev–Trinajstić information content (AvgIpc) is 2.77. The number of phenols is 1. The van der Waals surface area contributed by atoms with Crippen LogP contribution in [0.25, 0.3) is 0 Å². The van der Waals surface area contributed by atoms with E-state index < -0.39 is 0 Å². The number of hydrogen-bond donors (Lipinski definition) is 1. The Kier molecular flexibility index (Phi) is 6.44. The van der Waals surface area contributed by atoms with Crippen LogP contribution in [-0.4, -0.2) is 65.8 Å². The lowest BCUT2D eigenvalue weighted by Gasteiger charge is -2.45. The third-order valence-electron chi connectivity index (χ3n) is 6.11. The van der Waals surface area contributed by atoms with E-state index >= 15 is 0 Å². The van der Waals surface area contributed by atoms with Crippen LogP contribution in [0.3, 0.4) is 0 Å². The van der Waals surface area contributed by atoms with Gasteiger partial charge in [-0.25, -0.2) is 20.0 Å². The zero-order valence-corrected chi connectivity index (χ0v) is 16.9. The summed E-state index contributed by atoms with van der Waals surface area (Å²) in [6.07, 6.45) is 4.52. The van der Waals surface area contributed by atoms with Crippen molar-refractivity contribution in [1.29, 1.82) is 0 Å². The molecule has 0 aliphatic carbocycles. The molecule has 0 unspecified atom stereocenters. The Morgan fingerprint density at radius 1 is 0.862 bits per heavy atom. The first-order chi connectivity index (χ1) is 14.2. The maximum absolute atomic E-state index is 11.7. The van der Waals surface area contributed by atoms with Gasteiger partial charge < -0.3 is 5.11 Å². The molecule has 6 nitrogen and oxygen atoms in total. The number of anilines is 1. The number of piperidine rings is 1. The normalized spacial score (nSPS) is 19.9. The van der Waals surface area contributed by atoms with Crippen molar-refractivity contribution in [3.63, 3.8) is 0 Å². The van der Waals surface area contributed by atoms with E-state index in [1.54, 1.807) is 29.3 Å². The van der Waals surface area contributed by atoms with Crippen molar-refractivity contribution in [2.24, 2.45) is 5.92 Å². The van der Waals surface area contributed by atoms with Gasteiger partial charge in [0.05, 0.1) is 5.69 Å². The van der Waals surface area contributed by atoms with Gasteiger partial charge in [0.1, 0.15) is 5.75 Å². The summed E-state index contributed by atoms with van der Waals surface area (Å²) in [5.41, 5.74) is 2.23. The molecule has 2 aliphatic heterocycles. The summed E-state index contributed by atoms with van der Waals surface area (Å²) in [4.78, 5) is 11.7. The molecular weight excluding hydrogens is 364 g/mol. The molecule has 1 amide bonds. The van der Waals surface area contributed by atoms with Crippen LogP contribution in [-0.2, 0) is 11.2 Å². The largest absolute Gasteiger partial charge is 0.508 e. The minimum atomic E-state index is 0.208. The van der Waals surface area contributed by atoms with E-state index in [9.17, 15) is 9.90 Å². The van der Waals surface area contributed by atoms with Crippen LogP contribution >= 0.6 is 0 Å². The lowest BCUT2D eigenvalue weighted by Crippen LogP contribution is -2.59. The summed E-state index contributed by atoms with van der Waals surface area (Å²) in [7, 11) is 0. The van der Waals surface area contributed by atoms with Crippen molar-refractivity contribution in [1.82, 2.24) is 15.0 Å². The lowest BCUT2D eigenvalue weighted by molar-refractivity contribution is -0.113. The standard InChI is InChI=1S/C23H30N4O2/c28-19-27(22-6-8-23(29)9-7-22)26-16-14-25(15-17-26)24-12-10-21(11-13-24)18-20-4-2-1-3-5-20/h1-9,19,21,29H,10-18H2. The lowest BCUT2D eigenvalue weighted by atomic mass is 9.91. The maximum atomic E-state index is 11.7. The number of aromatic hydroxyl groups is 1. The van der Waals surface area contributed by atoms with Crippen LogP contribution in [0.15, 0.2) is 54.6 Å². The molecule has 0 saturated carbocycles. The van der Waals surface area contributed by atoms with Gasteiger partial charge in [0.25, 0.3) is 0 Å². The molecule has 0 radical (unpaired) electrons. The number of carbonyl (C=O) groups excluding carboxylic acids is 1. The first-order valence-corrected chi connectivity index (χ1v) is 10.5. The van der Waals surface area contributed by atoms with Crippen molar-refractivity contribution in [3.05, 3.63) is 60.2 Å². The quantitative estimate of drug-likeness (QED) is 0.764. The summed E-state index contributed by atoms with van der Waals surface area (Å²) in [5.74, 6) is 0.982. The van der Waals surface area contributed by atoms with Gasteiger partial charge in [0, 0.05) is 39.3 Å². The fraction of sp³-hybridized carbons (Fsp3) is 0.435. The first kappa shape index (κ1) is 19.9. The molecule has 2 saturated heterocycles. The summed E-state index contributed by atoms with van der Waals surface area (Å²) >= 11 is 0. The van der Waals surface area contributed by atoms with Crippen molar-refractivity contribution in [2.45, 2.75) is 19.3 Å². The van der Waals surface area contributed by atoms with E-state index in [0.717, 1.165) is 57.3 Å². The van der Waals surface area contributed by atoms with Gasteiger partial charge in [-0.15, -0.1) is 0 Å². The third-order valence-corrected chi connectivity index (χ3v) is 6.11. The van der Waals surface area contributed by atoms with Crippen molar-refractivity contribution >= 4 is 12.1 Å². The zero-order valence-electron chi connectivity index (χ0n) is 16.9. The number of hydrazine groups is 2. The molecule has 2 aromatic carbocycles. The molecule has 2 aromatic rings. The first-order valence-electron chi connectivity index (χ1n) is 10.5. The van der Waals surface area contributed by atoms with E-state index in [1.165, 1.54) is 24.8 Å². The second kappa shape index (κ2) is 9.39. The monoisotopic (exact) mass is 394 g/mol. The molecule has 6 heteroatoms. The van der Waals surface area contributed by atoms with Gasteiger partial charge in [-0.3, -0.25) is 4.79 Å². The molecule has 0 atom stereocenters. The highest BCUT2D eigenvalue weighted by Gasteiger charge is 2.28. The number of nitrogens with zero attached hydrogens (tertiary/aromatic N) is 4. The van der Waals surface area contributed by atoms with Crippen molar-refractivity contribution in [3.8, 4) is 5.75 Å². The number of hydrogen-bond acceptors (Lipinski definition) is 5. The summed E-state index contributed by atoms with van der Waals surface area (Å²) < 4.78 is 0. The van der Waals surface area contributed by atoms with Crippen LogP contribution in [0.5, 0.6) is 5.75 Å². The predicted molar refractivity (Wildman–Crippen MR) is 114 cm³/mol. The fourth-order valence-corrected chi connectivity index (χ4v) is 4.43. The Morgan fingerprint density at radius 3 is 2.10 bits per heavy atom. The Balaban J connectivity index is 1.25. The third kappa shape index (κ3) is 4.96. The molecule has 0 spiro atoms. The van der Waals surface area contributed by atoms with Crippen LogP contribution < -0.4 is 5.01 Å². The minimum absolute atomic E-state index is 0.208. The van der Waals surface area contributed by atoms with E-state index in [2.05, 4.69) is 45.4 Å². The topological polar surface area (TPSA) is 50.3 Å². The second-order valence-corrected chi connectivity index (χ2v) is 7.96. The molecule has 2 heterocycles. The van der Waals surface area contributed by atoms with Gasteiger partial charge in [-0.1, -0.05) is 30.3 Å². The summed E-state index contributed by atoms with van der Waals surface area (Å²) in [5, 5.41) is 18.2. The molecule has 0 bridgehead atoms. The Morgan fingerprint density at radius 2 is 1.48 bits per heavy atom. The van der Waals surface area contributed by atoms with Crippen LogP contribution in [0.2, 0.25) is 0 Å². The Labute approximate surface area is 172 Å². The predicted octanol–water partition coefficient (Wildman–Crippen LogP) is 2.76. The number of piperazine rings is 1. The molecule has 4 rings (SSSR count). The number of carbonyl (C=O) groups is 1. The van der Waals surface area contributed by atoms with Crippen molar-refractivity contribution < 1.29 is 9.90 Å². The molecule has 1 N–H and O–H groups in total. The minimum Gasteiger partial charge on any atom is -0.508 e. The highest BCUT2D eigenvalue weighted by molar-refractivity contribution is 5.73. The molecule has 29 heavy (non-hydrogen) atoms. The van der Waals surface area contributed by atoms with E-state index in [1.807, 2.05) is 0 Å². The number of rotatable bonds is 6. The van der Waals surface area contributed by atoms with Crippen LogP contribution in [0, 0.1) is 5.92 Å². The Bertz CT molecular complexity index is 767. The fourth-order valence-electron chi connectivity index (χ4n) is 4.43. The van der Waals surface area contributed by atoms with Gasteiger partial charge in [0.15, 0.2) is 0 Å². The molecule has 154 valence electrons. The van der Waals surface area contributed by atoms with Gasteiger partial charge in [0.2, 0.25) is 6.41 Å². The summed E-state index contributed by atoms with van der Waals surface area (Å²) in [6, 6.07) is 17.6. The number of amides is 1. The molecule has 2 fully saturated rings. The SMILES string of the molecule is O=CN(c1ccc(O)cc1)N1CCN(N2CCC(Cc3ccccc3)CC2)CC1. The molecule has 0 aromatic heterocycles. The zero-order chi connectivity index (χ0) is 20.1.